The molecule has 5 heteroatoms. The molecular formula is C18H16ClNO3. The highest BCUT2D eigenvalue weighted by molar-refractivity contribution is 6.31. The molecule has 0 saturated carbocycles. The third kappa shape index (κ3) is 3.48. The molecule has 1 N–H and O–H groups in total. The molecule has 1 heterocycles. The number of aromatic amines is 1. The monoisotopic (exact) mass is 329 g/mol. The summed E-state index contributed by atoms with van der Waals surface area (Å²) in [5.41, 5.74) is 2.73. The number of ether oxygens (including phenoxy) is 2. The Kier molecular flexibility index (Phi) is 4.53. The van der Waals surface area contributed by atoms with Crippen molar-refractivity contribution in [3.8, 4) is 5.75 Å². The van der Waals surface area contributed by atoms with Crippen molar-refractivity contribution in [2.75, 3.05) is 13.7 Å². The fourth-order valence-corrected chi connectivity index (χ4v) is 2.61. The van der Waals surface area contributed by atoms with E-state index in [1.54, 1.807) is 24.3 Å². The fraction of sp³-hybridized carbons (Fsp3) is 0.167. The zero-order valence-electron chi connectivity index (χ0n) is 12.6. The first kappa shape index (κ1) is 15.4. The molecule has 0 aliphatic heterocycles. The van der Waals surface area contributed by atoms with Gasteiger partial charge in [-0.3, -0.25) is 0 Å². The zero-order valence-corrected chi connectivity index (χ0v) is 13.4. The first-order valence-corrected chi connectivity index (χ1v) is 7.62. The minimum absolute atomic E-state index is 0.354. The van der Waals surface area contributed by atoms with Crippen molar-refractivity contribution in [3.63, 3.8) is 0 Å². The number of nitrogens with one attached hydrogen (secondary N) is 1. The van der Waals surface area contributed by atoms with Crippen LogP contribution in [0.4, 0.5) is 0 Å². The van der Waals surface area contributed by atoms with Crippen LogP contribution in [0, 0.1) is 0 Å². The maximum Gasteiger partial charge on any atom is 0.337 e. The number of esters is 1. The maximum absolute atomic E-state index is 11.4. The summed E-state index contributed by atoms with van der Waals surface area (Å²) in [5, 5.41) is 1.83. The summed E-state index contributed by atoms with van der Waals surface area (Å²) in [6.07, 6.45) is 2.74. The topological polar surface area (TPSA) is 51.3 Å². The van der Waals surface area contributed by atoms with E-state index in [4.69, 9.17) is 16.3 Å². The van der Waals surface area contributed by atoms with Crippen molar-refractivity contribution in [1.29, 1.82) is 0 Å². The summed E-state index contributed by atoms with van der Waals surface area (Å²) in [6, 6.07) is 12.7. The molecule has 3 rings (SSSR count). The summed E-state index contributed by atoms with van der Waals surface area (Å²) in [5.74, 6) is 0.364. The lowest BCUT2D eigenvalue weighted by molar-refractivity contribution is 0.0600. The molecule has 118 valence electrons. The van der Waals surface area contributed by atoms with Crippen molar-refractivity contribution in [2.24, 2.45) is 0 Å². The van der Waals surface area contributed by atoms with Gasteiger partial charge in [-0.15, -0.1) is 0 Å². The lowest BCUT2D eigenvalue weighted by Gasteiger charge is -2.06. The number of methoxy groups -OCH3 is 1. The van der Waals surface area contributed by atoms with Crippen LogP contribution in [0.1, 0.15) is 15.9 Å². The summed E-state index contributed by atoms with van der Waals surface area (Å²) in [6.45, 7) is 0.539. The minimum atomic E-state index is -0.354. The van der Waals surface area contributed by atoms with Crippen LogP contribution in [0.5, 0.6) is 5.75 Å². The first-order valence-electron chi connectivity index (χ1n) is 7.24. The molecule has 0 bridgehead atoms. The highest BCUT2D eigenvalue weighted by atomic mass is 35.5. The number of benzene rings is 2. The number of aromatic nitrogens is 1. The van der Waals surface area contributed by atoms with Gasteiger partial charge in [0.15, 0.2) is 0 Å². The third-order valence-corrected chi connectivity index (χ3v) is 3.88. The van der Waals surface area contributed by atoms with Crippen LogP contribution >= 0.6 is 11.6 Å². The SMILES string of the molecule is COC(=O)c1ccc(OCCc2c[nH]c3ccc(Cl)cc23)cc1. The summed E-state index contributed by atoms with van der Waals surface area (Å²) >= 11 is 6.05. The van der Waals surface area contributed by atoms with Gasteiger partial charge in [0.25, 0.3) is 0 Å². The average molecular weight is 330 g/mol. The van der Waals surface area contributed by atoms with E-state index < -0.39 is 0 Å². The van der Waals surface area contributed by atoms with E-state index in [1.807, 2.05) is 24.4 Å². The van der Waals surface area contributed by atoms with Crippen LogP contribution in [-0.2, 0) is 11.2 Å². The van der Waals surface area contributed by atoms with Crippen LogP contribution in [0.15, 0.2) is 48.7 Å². The van der Waals surface area contributed by atoms with Gasteiger partial charge in [-0.05, 0) is 48.0 Å². The van der Waals surface area contributed by atoms with Gasteiger partial charge in [-0.25, -0.2) is 4.79 Å². The normalized spacial score (nSPS) is 10.7. The molecule has 3 aromatic rings. The number of carbonyl (C=O) groups excluding carboxylic acids is 1. The Balaban J connectivity index is 1.62. The molecule has 0 spiro atoms. The number of fused-ring (bicyclic) bond motifs is 1. The fourth-order valence-electron chi connectivity index (χ4n) is 2.44. The Labute approximate surface area is 139 Å². The molecule has 4 nitrogen and oxygen atoms in total. The lowest BCUT2D eigenvalue weighted by atomic mass is 10.1. The predicted molar refractivity (Wildman–Crippen MR) is 90.3 cm³/mol. The van der Waals surface area contributed by atoms with Crippen molar-refractivity contribution < 1.29 is 14.3 Å². The smallest absolute Gasteiger partial charge is 0.337 e. The number of rotatable bonds is 5. The molecule has 23 heavy (non-hydrogen) atoms. The van der Waals surface area contributed by atoms with E-state index in [-0.39, 0.29) is 5.97 Å². The highest BCUT2D eigenvalue weighted by Gasteiger charge is 2.06. The third-order valence-electron chi connectivity index (χ3n) is 3.65. The molecule has 0 atom stereocenters. The van der Waals surface area contributed by atoms with Crippen LogP contribution in [-0.4, -0.2) is 24.7 Å². The van der Waals surface area contributed by atoms with E-state index >= 15 is 0 Å². The molecule has 0 aliphatic rings. The van der Waals surface area contributed by atoms with Gasteiger partial charge in [0.05, 0.1) is 19.3 Å². The van der Waals surface area contributed by atoms with Crippen LogP contribution in [0.3, 0.4) is 0 Å². The van der Waals surface area contributed by atoms with E-state index in [1.165, 1.54) is 7.11 Å². The Morgan fingerprint density at radius 1 is 1.17 bits per heavy atom. The molecule has 0 amide bonds. The minimum Gasteiger partial charge on any atom is -0.493 e. The van der Waals surface area contributed by atoms with Gasteiger partial charge in [0.2, 0.25) is 0 Å². The molecule has 0 unspecified atom stereocenters. The molecule has 0 aliphatic carbocycles. The van der Waals surface area contributed by atoms with Gasteiger partial charge >= 0.3 is 5.97 Å². The number of halogens is 1. The van der Waals surface area contributed by atoms with E-state index in [2.05, 4.69) is 9.72 Å². The summed E-state index contributed by atoms with van der Waals surface area (Å²) in [4.78, 5) is 14.6. The van der Waals surface area contributed by atoms with Crippen molar-refractivity contribution in [1.82, 2.24) is 4.98 Å². The Bertz CT molecular complexity index is 824. The lowest BCUT2D eigenvalue weighted by Crippen LogP contribution is -2.03. The van der Waals surface area contributed by atoms with Gasteiger partial charge in [-0.1, -0.05) is 11.6 Å². The number of hydrogen-bond donors (Lipinski definition) is 1. The average Bonchev–Trinajstić information content (AvgIpc) is 2.97. The Hall–Kier alpha value is -2.46. The number of carbonyl (C=O) groups is 1. The first-order chi connectivity index (χ1) is 11.2. The maximum atomic E-state index is 11.4. The molecule has 0 radical (unpaired) electrons. The second kappa shape index (κ2) is 6.75. The second-order valence-electron chi connectivity index (χ2n) is 5.12. The summed E-state index contributed by atoms with van der Waals surface area (Å²) in [7, 11) is 1.36. The van der Waals surface area contributed by atoms with Crippen LogP contribution in [0.2, 0.25) is 5.02 Å². The van der Waals surface area contributed by atoms with Gasteiger partial charge in [0.1, 0.15) is 5.75 Å². The van der Waals surface area contributed by atoms with Crippen molar-refractivity contribution >= 4 is 28.5 Å². The van der Waals surface area contributed by atoms with E-state index in [9.17, 15) is 4.79 Å². The zero-order chi connectivity index (χ0) is 16.2. The van der Waals surface area contributed by atoms with Gasteiger partial charge in [0, 0.05) is 28.5 Å². The quantitative estimate of drug-likeness (QED) is 0.713. The van der Waals surface area contributed by atoms with Crippen molar-refractivity contribution in [3.05, 3.63) is 64.8 Å². The van der Waals surface area contributed by atoms with Crippen LogP contribution in [0.25, 0.3) is 10.9 Å². The molecular weight excluding hydrogens is 314 g/mol. The largest absolute Gasteiger partial charge is 0.493 e. The summed E-state index contributed by atoms with van der Waals surface area (Å²) < 4.78 is 10.4. The molecule has 2 aromatic carbocycles. The standard InChI is InChI=1S/C18H16ClNO3/c1-22-18(21)12-2-5-15(6-3-12)23-9-8-13-11-20-17-7-4-14(19)10-16(13)17/h2-7,10-11,20H,8-9H2,1H3. The Morgan fingerprint density at radius 3 is 2.70 bits per heavy atom. The van der Waals surface area contributed by atoms with Gasteiger partial charge in [-0.2, -0.15) is 0 Å². The highest BCUT2D eigenvalue weighted by Crippen LogP contribution is 2.23. The number of hydrogen-bond acceptors (Lipinski definition) is 3. The van der Waals surface area contributed by atoms with E-state index in [0.717, 1.165) is 33.7 Å². The number of H-pyrrole nitrogens is 1. The Morgan fingerprint density at radius 2 is 1.96 bits per heavy atom. The predicted octanol–water partition coefficient (Wildman–Crippen LogP) is 4.23. The second-order valence-corrected chi connectivity index (χ2v) is 5.55. The van der Waals surface area contributed by atoms with Crippen molar-refractivity contribution in [2.45, 2.75) is 6.42 Å². The van der Waals surface area contributed by atoms with E-state index in [0.29, 0.717) is 12.2 Å². The molecule has 1 aromatic heterocycles. The molecule has 0 fully saturated rings. The van der Waals surface area contributed by atoms with Gasteiger partial charge < -0.3 is 14.5 Å². The van der Waals surface area contributed by atoms with Crippen LogP contribution < -0.4 is 4.74 Å². The molecule has 0 saturated heterocycles.